The molecule has 0 heterocycles. The lowest BCUT2D eigenvalue weighted by molar-refractivity contribution is -0.133. The zero-order chi connectivity index (χ0) is 18.5. The number of carbonyl (C=O) groups is 1. The second kappa shape index (κ2) is 8.00. The number of rotatable bonds is 9. The van der Waals surface area contributed by atoms with E-state index in [1.165, 1.54) is 0 Å². The molecule has 0 fully saturated rings. The largest absolute Gasteiger partial charge is 0.376 e. The molecule has 0 aliphatic carbocycles. The Morgan fingerprint density at radius 3 is 1.87 bits per heavy atom. The molecule has 0 bridgehead atoms. The van der Waals surface area contributed by atoms with Gasteiger partial charge in [-0.2, -0.15) is 0 Å². The molecule has 0 saturated heterocycles. The van der Waals surface area contributed by atoms with Crippen LogP contribution >= 0.6 is 0 Å². The molecule has 0 aliphatic heterocycles. The number of nitrogens with one attached hydrogen (secondary N) is 1. The first-order valence-corrected chi connectivity index (χ1v) is 9.07. The van der Waals surface area contributed by atoms with E-state index in [0.717, 1.165) is 25.7 Å². The molecule has 0 rings (SSSR count). The van der Waals surface area contributed by atoms with E-state index >= 15 is 0 Å². The number of hydrogen-bond donors (Lipinski definition) is 1. The molecule has 1 N–H and O–H groups in total. The molecule has 0 aromatic heterocycles. The van der Waals surface area contributed by atoms with Gasteiger partial charge in [-0.1, -0.05) is 48.0 Å². The Hall–Kier alpha value is -0.570. The highest BCUT2D eigenvalue weighted by Gasteiger charge is 2.34. The van der Waals surface area contributed by atoms with E-state index in [0.29, 0.717) is 6.61 Å². The fourth-order valence-corrected chi connectivity index (χ4v) is 3.22. The average Bonchev–Trinajstić information content (AvgIpc) is 2.23. The van der Waals surface area contributed by atoms with Crippen molar-refractivity contribution in [3.8, 4) is 0 Å². The molecule has 0 radical (unpaired) electrons. The molecule has 0 spiro atoms. The molecule has 3 nitrogen and oxygen atoms in total. The molecule has 138 valence electrons. The molecule has 0 saturated carbocycles. The highest BCUT2D eigenvalue weighted by molar-refractivity contribution is 5.82. The van der Waals surface area contributed by atoms with Crippen molar-refractivity contribution in [1.82, 2.24) is 5.32 Å². The van der Waals surface area contributed by atoms with Crippen LogP contribution in [0, 0.1) is 10.8 Å². The maximum absolute atomic E-state index is 12.7. The molecular weight excluding hydrogens is 286 g/mol. The number of hydrogen-bond acceptors (Lipinski definition) is 2. The van der Waals surface area contributed by atoms with Gasteiger partial charge in [0.1, 0.15) is 0 Å². The van der Waals surface area contributed by atoms with E-state index in [4.69, 9.17) is 4.74 Å². The first-order valence-electron chi connectivity index (χ1n) is 9.07. The van der Waals surface area contributed by atoms with Crippen LogP contribution in [-0.4, -0.2) is 23.7 Å². The summed E-state index contributed by atoms with van der Waals surface area (Å²) in [7, 11) is 0. The monoisotopic (exact) mass is 327 g/mol. The maximum atomic E-state index is 12.7. The zero-order valence-electron chi connectivity index (χ0n) is 17.4. The van der Waals surface area contributed by atoms with Crippen molar-refractivity contribution in [1.29, 1.82) is 0 Å². The second-order valence-corrected chi connectivity index (χ2v) is 10.1. The van der Waals surface area contributed by atoms with Gasteiger partial charge < -0.3 is 10.1 Å². The molecule has 0 aliphatic rings. The van der Waals surface area contributed by atoms with Crippen molar-refractivity contribution in [3.05, 3.63) is 0 Å². The SMILES string of the molecule is CCCC(C)(C)OCCC(C)(C)C(=O)NC(C)(C)CC(C)(C)C. The summed E-state index contributed by atoms with van der Waals surface area (Å²) in [4.78, 5) is 12.7. The van der Waals surface area contributed by atoms with Gasteiger partial charge in [0, 0.05) is 17.6 Å². The molecule has 23 heavy (non-hydrogen) atoms. The topological polar surface area (TPSA) is 38.3 Å². The summed E-state index contributed by atoms with van der Waals surface area (Å²) in [5.41, 5.74) is -0.534. The predicted octanol–water partition coefficient (Wildman–Crippen LogP) is 5.33. The van der Waals surface area contributed by atoms with E-state index < -0.39 is 5.41 Å². The summed E-state index contributed by atoms with van der Waals surface area (Å²) >= 11 is 0. The van der Waals surface area contributed by atoms with E-state index in [1.807, 2.05) is 13.8 Å². The minimum absolute atomic E-state index is 0.104. The maximum Gasteiger partial charge on any atom is 0.226 e. The van der Waals surface area contributed by atoms with Crippen LogP contribution in [0.4, 0.5) is 0 Å². The highest BCUT2D eigenvalue weighted by atomic mass is 16.5. The van der Waals surface area contributed by atoms with Gasteiger partial charge in [0.15, 0.2) is 0 Å². The Labute approximate surface area is 144 Å². The van der Waals surface area contributed by atoms with Gasteiger partial charge >= 0.3 is 0 Å². The van der Waals surface area contributed by atoms with Gasteiger partial charge in [-0.15, -0.1) is 0 Å². The summed E-state index contributed by atoms with van der Waals surface area (Å²) in [5, 5.41) is 3.23. The lowest BCUT2D eigenvalue weighted by atomic mass is 9.80. The third-order valence-electron chi connectivity index (χ3n) is 4.11. The van der Waals surface area contributed by atoms with Crippen LogP contribution in [0.5, 0.6) is 0 Å². The number of amides is 1. The van der Waals surface area contributed by atoms with Crippen molar-refractivity contribution in [2.45, 2.75) is 106 Å². The van der Waals surface area contributed by atoms with Gasteiger partial charge in [0.25, 0.3) is 0 Å². The van der Waals surface area contributed by atoms with Gasteiger partial charge in [-0.3, -0.25) is 4.79 Å². The quantitative estimate of drug-likeness (QED) is 0.621. The van der Waals surface area contributed by atoms with Crippen LogP contribution < -0.4 is 5.32 Å². The second-order valence-electron chi connectivity index (χ2n) is 10.1. The van der Waals surface area contributed by atoms with E-state index in [2.05, 4.69) is 60.7 Å². The Morgan fingerprint density at radius 1 is 0.913 bits per heavy atom. The normalized spacial score (nSPS) is 14.0. The Morgan fingerprint density at radius 2 is 1.43 bits per heavy atom. The first kappa shape index (κ1) is 22.4. The third kappa shape index (κ3) is 10.0. The molecule has 0 aromatic carbocycles. The summed E-state index contributed by atoms with van der Waals surface area (Å²) in [5.74, 6) is 0.114. The molecule has 3 heteroatoms. The van der Waals surface area contributed by atoms with Gasteiger partial charge in [-0.25, -0.2) is 0 Å². The fourth-order valence-electron chi connectivity index (χ4n) is 3.22. The fraction of sp³-hybridized carbons (Fsp3) is 0.950. The van der Waals surface area contributed by atoms with Crippen molar-refractivity contribution >= 4 is 5.91 Å². The predicted molar refractivity (Wildman–Crippen MR) is 99.6 cm³/mol. The number of ether oxygens (including phenoxy) is 1. The van der Waals surface area contributed by atoms with Gasteiger partial charge in [-0.05, 0) is 52.4 Å². The molecule has 0 unspecified atom stereocenters. The van der Waals surface area contributed by atoms with Crippen molar-refractivity contribution in [2.75, 3.05) is 6.61 Å². The van der Waals surface area contributed by atoms with Crippen LogP contribution in [0.25, 0.3) is 0 Å². The third-order valence-corrected chi connectivity index (χ3v) is 4.11. The first-order chi connectivity index (χ1) is 10.1. The smallest absolute Gasteiger partial charge is 0.226 e. The lowest BCUT2D eigenvalue weighted by Gasteiger charge is -2.36. The molecular formula is C20H41NO2. The zero-order valence-corrected chi connectivity index (χ0v) is 17.4. The summed E-state index contributed by atoms with van der Waals surface area (Å²) < 4.78 is 5.99. The van der Waals surface area contributed by atoms with Crippen LogP contribution in [0.1, 0.15) is 94.9 Å². The summed E-state index contributed by atoms with van der Waals surface area (Å²) in [6.45, 7) is 21.9. The highest BCUT2D eigenvalue weighted by Crippen LogP contribution is 2.29. The summed E-state index contributed by atoms with van der Waals surface area (Å²) in [6.07, 6.45) is 3.83. The van der Waals surface area contributed by atoms with Crippen LogP contribution in [0.2, 0.25) is 0 Å². The minimum atomic E-state index is -0.419. The molecule has 0 atom stereocenters. The Balaban J connectivity index is 4.55. The summed E-state index contributed by atoms with van der Waals surface area (Å²) in [6, 6.07) is 0. The van der Waals surface area contributed by atoms with Gasteiger partial charge in [0.05, 0.1) is 5.60 Å². The number of carbonyl (C=O) groups excluding carboxylic acids is 1. The Bertz CT molecular complexity index is 376. The van der Waals surface area contributed by atoms with Crippen molar-refractivity contribution in [3.63, 3.8) is 0 Å². The Kier molecular flexibility index (Phi) is 7.81. The standard InChI is InChI=1S/C20H41NO2/c1-11-12-20(9,10)23-14-13-18(5,6)16(22)21-19(7,8)15-17(2,3)4/h11-15H2,1-10H3,(H,21,22). The van der Waals surface area contributed by atoms with Crippen LogP contribution in [0.3, 0.4) is 0 Å². The molecule has 0 aromatic rings. The molecule has 1 amide bonds. The van der Waals surface area contributed by atoms with Crippen molar-refractivity contribution in [2.24, 2.45) is 10.8 Å². The van der Waals surface area contributed by atoms with E-state index in [-0.39, 0.29) is 22.5 Å². The minimum Gasteiger partial charge on any atom is -0.376 e. The lowest BCUT2D eigenvalue weighted by Crippen LogP contribution is -2.50. The van der Waals surface area contributed by atoms with E-state index in [9.17, 15) is 4.79 Å². The van der Waals surface area contributed by atoms with Gasteiger partial charge in [0.2, 0.25) is 5.91 Å². The van der Waals surface area contributed by atoms with Crippen molar-refractivity contribution < 1.29 is 9.53 Å². The van der Waals surface area contributed by atoms with Crippen LogP contribution in [0.15, 0.2) is 0 Å². The average molecular weight is 328 g/mol. The van der Waals surface area contributed by atoms with Crippen LogP contribution in [-0.2, 0) is 9.53 Å². The van der Waals surface area contributed by atoms with E-state index in [1.54, 1.807) is 0 Å².